The van der Waals surface area contributed by atoms with Gasteiger partial charge in [-0.15, -0.1) is 0 Å². The summed E-state index contributed by atoms with van der Waals surface area (Å²) in [5, 5.41) is 0. The first-order chi connectivity index (χ1) is 21.8. The van der Waals surface area contributed by atoms with Gasteiger partial charge in [0.1, 0.15) is 6.61 Å². The van der Waals surface area contributed by atoms with Crippen LogP contribution in [0, 0.1) is 5.92 Å². The molecule has 0 N–H and O–H groups in total. The highest BCUT2D eigenvalue weighted by molar-refractivity contribution is 5.94. The van der Waals surface area contributed by atoms with Gasteiger partial charge in [-0.25, -0.2) is 14.4 Å². The zero-order valence-electron chi connectivity index (χ0n) is 26.1. The molecule has 3 fully saturated rings. The van der Waals surface area contributed by atoms with Crippen LogP contribution in [0.2, 0.25) is 0 Å². The molecule has 0 radical (unpaired) electrons. The molecule has 11 heteroatoms. The first-order valence-corrected chi connectivity index (χ1v) is 16.0. The molecule has 2 aliphatic heterocycles. The van der Waals surface area contributed by atoms with Gasteiger partial charge in [0.25, 0.3) is 0 Å². The molecule has 0 bridgehead atoms. The fourth-order valence-corrected chi connectivity index (χ4v) is 6.46. The monoisotopic (exact) mass is 621 g/mol. The van der Waals surface area contributed by atoms with Gasteiger partial charge in [-0.1, -0.05) is 42.5 Å². The number of urea groups is 1. The number of nitrogens with zero attached hydrogens (tertiary/aromatic N) is 3. The molecule has 242 valence electrons. The first-order valence-electron chi connectivity index (χ1n) is 16.0. The Balaban J connectivity index is 1.05. The fraction of sp³-hybridized carbons (Fsp3) is 0.529. The summed E-state index contributed by atoms with van der Waals surface area (Å²) in [4.78, 5) is 55.5. The molecule has 0 aromatic heterocycles. The number of hydrogen-bond donors (Lipinski definition) is 0. The van der Waals surface area contributed by atoms with Crippen LogP contribution < -0.4 is 4.90 Å². The summed E-state index contributed by atoms with van der Waals surface area (Å²) in [5.41, 5.74) is 3.06. The van der Waals surface area contributed by atoms with Gasteiger partial charge in [0.15, 0.2) is 0 Å². The van der Waals surface area contributed by atoms with Crippen molar-refractivity contribution < 1.29 is 38.1 Å². The van der Waals surface area contributed by atoms with Gasteiger partial charge in [-0.05, 0) is 74.6 Å². The van der Waals surface area contributed by atoms with Crippen LogP contribution in [0.15, 0.2) is 54.6 Å². The molecule has 45 heavy (non-hydrogen) atoms. The van der Waals surface area contributed by atoms with Crippen molar-refractivity contribution in [1.82, 2.24) is 9.80 Å². The summed E-state index contributed by atoms with van der Waals surface area (Å²) >= 11 is 0. The zero-order chi connectivity index (χ0) is 31.8. The average Bonchev–Trinajstić information content (AvgIpc) is 3.45. The number of rotatable bonds is 9. The molecule has 1 atom stereocenters. The van der Waals surface area contributed by atoms with Crippen LogP contribution in [-0.2, 0) is 30.3 Å². The van der Waals surface area contributed by atoms with E-state index in [9.17, 15) is 19.2 Å². The number of carbonyl (C=O) groups excluding carboxylic acids is 4. The third-order valence-electron chi connectivity index (χ3n) is 8.95. The van der Waals surface area contributed by atoms with E-state index in [1.54, 1.807) is 11.8 Å². The van der Waals surface area contributed by atoms with Crippen LogP contribution >= 0.6 is 0 Å². The van der Waals surface area contributed by atoms with Gasteiger partial charge in [0.2, 0.25) is 6.29 Å². The second-order valence-corrected chi connectivity index (χ2v) is 11.8. The van der Waals surface area contributed by atoms with Crippen LogP contribution in [0.5, 0.6) is 0 Å². The smallest absolute Gasteiger partial charge is 0.445 e. The SMILES string of the molecule is CCOC(=O)OC(C)OC(=O)C1CCC(N2CCN(c3ccc(C4CCN(C(=O)OCc5ccccc5)CC4)cc3)C2=O)CC1. The van der Waals surface area contributed by atoms with Crippen LogP contribution in [0.4, 0.5) is 20.1 Å². The maximum Gasteiger partial charge on any atom is 0.511 e. The van der Waals surface area contributed by atoms with Crippen molar-refractivity contribution in [2.75, 3.05) is 37.7 Å². The molecule has 11 nitrogen and oxygen atoms in total. The topological polar surface area (TPSA) is 115 Å². The van der Waals surface area contributed by atoms with Gasteiger partial charge < -0.3 is 28.7 Å². The molecule has 3 aliphatic rings. The first kappa shape index (κ1) is 32.1. The number of esters is 1. The van der Waals surface area contributed by atoms with Crippen molar-refractivity contribution >= 4 is 29.9 Å². The van der Waals surface area contributed by atoms with E-state index in [0.717, 1.165) is 24.1 Å². The minimum atomic E-state index is -1.02. The summed E-state index contributed by atoms with van der Waals surface area (Å²) in [7, 11) is 0. The van der Waals surface area contributed by atoms with Crippen LogP contribution in [0.1, 0.15) is 69.4 Å². The Morgan fingerprint density at radius 2 is 1.51 bits per heavy atom. The van der Waals surface area contributed by atoms with Crippen molar-refractivity contribution in [3.63, 3.8) is 0 Å². The van der Waals surface area contributed by atoms with Crippen LogP contribution in [0.25, 0.3) is 0 Å². The molecular weight excluding hydrogens is 578 g/mol. The predicted octanol–water partition coefficient (Wildman–Crippen LogP) is 6.07. The zero-order valence-corrected chi connectivity index (χ0v) is 26.1. The Hall–Kier alpha value is -4.28. The quantitative estimate of drug-likeness (QED) is 0.188. The molecule has 2 heterocycles. The predicted molar refractivity (Wildman–Crippen MR) is 165 cm³/mol. The molecule has 2 aromatic carbocycles. The number of ether oxygens (including phenoxy) is 4. The Bertz CT molecular complexity index is 1300. The third kappa shape index (κ3) is 8.26. The van der Waals surface area contributed by atoms with Gasteiger partial charge in [-0.3, -0.25) is 9.69 Å². The Morgan fingerprint density at radius 1 is 0.822 bits per heavy atom. The fourth-order valence-electron chi connectivity index (χ4n) is 6.46. The highest BCUT2D eigenvalue weighted by Gasteiger charge is 2.38. The van der Waals surface area contributed by atoms with E-state index in [2.05, 4.69) is 12.1 Å². The standard InChI is InChI=1S/C34H43N3O8/c1-3-42-34(41)45-24(2)44-31(38)28-11-15-30(16-12-28)37-22-21-36(32(37)39)29-13-9-26(10-14-29)27-17-19-35(20-18-27)33(40)43-23-25-7-5-4-6-8-25/h4-10,13-14,24,27-28,30H,3,11-12,15-23H2,1-2H3. The molecule has 1 unspecified atom stereocenters. The summed E-state index contributed by atoms with van der Waals surface area (Å²) in [5.74, 6) is -0.333. The largest absolute Gasteiger partial charge is 0.511 e. The molecule has 0 spiro atoms. The number of benzene rings is 2. The van der Waals surface area contributed by atoms with Gasteiger partial charge in [0.05, 0.1) is 12.5 Å². The Morgan fingerprint density at radius 3 is 2.18 bits per heavy atom. The molecule has 2 aromatic rings. The van der Waals surface area contributed by atoms with E-state index in [4.69, 9.17) is 18.9 Å². The minimum absolute atomic E-state index is 0.00689. The van der Waals surface area contributed by atoms with Crippen molar-refractivity contribution in [2.24, 2.45) is 5.92 Å². The summed E-state index contributed by atoms with van der Waals surface area (Å²) in [6.45, 7) is 6.17. The molecule has 5 rings (SSSR count). The normalized spacial score (nSPS) is 21.3. The minimum Gasteiger partial charge on any atom is -0.445 e. The number of carbonyl (C=O) groups is 4. The summed E-state index contributed by atoms with van der Waals surface area (Å²) in [6.07, 6.45) is 2.22. The van der Waals surface area contributed by atoms with Gasteiger partial charge in [0, 0.05) is 44.8 Å². The second-order valence-electron chi connectivity index (χ2n) is 11.8. The summed E-state index contributed by atoms with van der Waals surface area (Å²) < 4.78 is 20.4. The maximum atomic E-state index is 13.4. The number of piperidine rings is 1. The van der Waals surface area contributed by atoms with Crippen molar-refractivity contribution in [2.45, 2.75) is 77.2 Å². The van der Waals surface area contributed by atoms with E-state index >= 15 is 0 Å². The lowest BCUT2D eigenvalue weighted by molar-refractivity contribution is -0.174. The molecule has 2 saturated heterocycles. The summed E-state index contributed by atoms with van der Waals surface area (Å²) in [6, 6.07) is 18.0. The molecular formula is C34H43N3O8. The highest BCUT2D eigenvalue weighted by Crippen LogP contribution is 2.34. The van der Waals surface area contributed by atoms with Crippen LogP contribution in [-0.4, -0.2) is 79.2 Å². The molecule has 1 saturated carbocycles. The van der Waals surface area contributed by atoms with E-state index in [0.29, 0.717) is 57.8 Å². The maximum absolute atomic E-state index is 13.4. The van der Waals surface area contributed by atoms with E-state index < -0.39 is 18.4 Å². The Kier molecular flexibility index (Phi) is 10.8. The second kappa shape index (κ2) is 15.1. The lowest BCUT2D eigenvalue weighted by atomic mass is 9.85. The van der Waals surface area contributed by atoms with Crippen LogP contribution in [0.3, 0.4) is 0 Å². The Labute approximate surface area is 264 Å². The number of likely N-dealkylation sites (tertiary alicyclic amines) is 1. The average molecular weight is 622 g/mol. The lowest BCUT2D eigenvalue weighted by Crippen LogP contribution is -2.42. The van der Waals surface area contributed by atoms with Crippen molar-refractivity contribution in [1.29, 1.82) is 0 Å². The third-order valence-corrected chi connectivity index (χ3v) is 8.95. The van der Waals surface area contributed by atoms with Gasteiger partial charge >= 0.3 is 24.2 Å². The van der Waals surface area contributed by atoms with Crippen molar-refractivity contribution in [3.05, 3.63) is 65.7 Å². The highest BCUT2D eigenvalue weighted by atomic mass is 16.8. The lowest BCUT2D eigenvalue weighted by Gasteiger charge is -2.34. The molecule has 3 amide bonds. The van der Waals surface area contributed by atoms with E-state index in [1.807, 2.05) is 52.3 Å². The number of amides is 3. The van der Waals surface area contributed by atoms with E-state index in [-0.39, 0.29) is 37.3 Å². The van der Waals surface area contributed by atoms with Crippen molar-refractivity contribution in [3.8, 4) is 0 Å². The number of hydrogen-bond acceptors (Lipinski definition) is 8. The van der Waals surface area contributed by atoms with E-state index in [1.165, 1.54) is 12.5 Å². The number of anilines is 1. The molecule has 1 aliphatic carbocycles. The van der Waals surface area contributed by atoms with Gasteiger partial charge in [-0.2, -0.15) is 0 Å².